The van der Waals surface area contributed by atoms with Crippen molar-refractivity contribution in [2.24, 2.45) is 5.73 Å². The molecule has 2 N–H and O–H groups in total. The number of aromatic nitrogens is 1. The molecule has 0 amide bonds. The van der Waals surface area contributed by atoms with E-state index >= 15 is 0 Å². The normalized spacial score (nSPS) is 13.6. The second-order valence-corrected chi connectivity index (χ2v) is 4.84. The summed E-state index contributed by atoms with van der Waals surface area (Å²) in [7, 11) is 0. The predicted octanol–water partition coefficient (Wildman–Crippen LogP) is 3.35. The van der Waals surface area contributed by atoms with Gasteiger partial charge in [-0.1, -0.05) is 33.8 Å². The van der Waals surface area contributed by atoms with Gasteiger partial charge >= 0.3 is 0 Å². The van der Waals surface area contributed by atoms with E-state index < -0.39 is 0 Å². The van der Waals surface area contributed by atoms with Crippen LogP contribution in [0.2, 0.25) is 0 Å². The van der Waals surface area contributed by atoms with Crippen molar-refractivity contribution in [1.29, 1.82) is 0 Å². The van der Waals surface area contributed by atoms with Crippen LogP contribution in [0.15, 0.2) is 12.3 Å². The first-order valence-electron chi connectivity index (χ1n) is 5.68. The molecular weight excluding hydrogens is 184 g/mol. The average molecular weight is 206 g/mol. The number of nitrogens with zero attached hydrogens (tertiary/aromatic N) is 1. The summed E-state index contributed by atoms with van der Waals surface area (Å²) >= 11 is 0. The van der Waals surface area contributed by atoms with Crippen LogP contribution in [0.1, 0.15) is 69.3 Å². The molecule has 0 aliphatic rings. The van der Waals surface area contributed by atoms with Gasteiger partial charge < -0.3 is 5.73 Å². The molecule has 1 atom stereocenters. The molecule has 1 rings (SSSR count). The largest absolute Gasteiger partial charge is 0.323 e. The van der Waals surface area contributed by atoms with Crippen LogP contribution in [0.4, 0.5) is 0 Å². The van der Waals surface area contributed by atoms with Crippen molar-refractivity contribution in [1.82, 2.24) is 4.98 Å². The smallest absolute Gasteiger partial charge is 0.0602 e. The molecule has 1 aromatic heterocycles. The molecule has 2 nitrogen and oxygen atoms in total. The lowest BCUT2D eigenvalue weighted by Gasteiger charge is -2.17. The van der Waals surface area contributed by atoms with E-state index in [4.69, 9.17) is 5.73 Å². The Morgan fingerprint density at radius 3 is 2.07 bits per heavy atom. The summed E-state index contributed by atoms with van der Waals surface area (Å²) in [6.45, 7) is 10.7. The van der Waals surface area contributed by atoms with Crippen molar-refractivity contribution >= 4 is 0 Å². The Hall–Kier alpha value is -0.890. The van der Waals surface area contributed by atoms with Gasteiger partial charge in [0.2, 0.25) is 0 Å². The van der Waals surface area contributed by atoms with Gasteiger partial charge in [-0.3, -0.25) is 4.98 Å². The van der Waals surface area contributed by atoms with Gasteiger partial charge in [-0.05, 0) is 29.9 Å². The van der Waals surface area contributed by atoms with Gasteiger partial charge in [0.15, 0.2) is 0 Å². The van der Waals surface area contributed by atoms with Crippen LogP contribution in [0, 0.1) is 0 Å². The first-order chi connectivity index (χ1) is 6.93. The summed E-state index contributed by atoms with van der Waals surface area (Å²) in [5.41, 5.74) is 9.54. The van der Waals surface area contributed by atoms with Crippen LogP contribution in [-0.2, 0) is 0 Å². The lowest BCUT2D eigenvalue weighted by Crippen LogP contribution is -2.12. The molecule has 1 heterocycles. The van der Waals surface area contributed by atoms with E-state index in [2.05, 4.69) is 38.7 Å². The maximum absolute atomic E-state index is 5.92. The van der Waals surface area contributed by atoms with Gasteiger partial charge in [-0.15, -0.1) is 0 Å². The maximum atomic E-state index is 5.92. The van der Waals surface area contributed by atoms with E-state index in [0.717, 1.165) is 5.69 Å². The zero-order valence-corrected chi connectivity index (χ0v) is 10.4. The second-order valence-electron chi connectivity index (χ2n) is 4.84. The summed E-state index contributed by atoms with van der Waals surface area (Å²) in [6, 6.07) is 2.27. The lowest BCUT2D eigenvalue weighted by atomic mass is 9.94. The van der Waals surface area contributed by atoms with Crippen LogP contribution in [0.25, 0.3) is 0 Å². The average Bonchev–Trinajstić information content (AvgIpc) is 2.16. The van der Waals surface area contributed by atoms with Crippen molar-refractivity contribution in [2.45, 2.75) is 52.5 Å². The van der Waals surface area contributed by atoms with E-state index in [1.54, 1.807) is 0 Å². The third-order valence-electron chi connectivity index (χ3n) is 2.69. The minimum absolute atomic E-state index is 0.0172. The zero-order chi connectivity index (χ0) is 11.6. The monoisotopic (exact) mass is 206 g/mol. The minimum atomic E-state index is 0.0172. The molecule has 0 saturated heterocycles. The Bertz CT molecular complexity index is 327. The van der Waals surface area contributed by atoms with Crippen LogP contribution in [0.3, 0.4) is 0 Å². The van der Waals surface area contributed by atoms with Gasteiger partial charge in [0.25, 0.3) is 0 Å². The first-order valence-corrected chi connectivity index (χ1v) is 5.68. The van der Waals surface area contributed by atoms with E-state index in [1.807, 2.05) is 13.1 Å². The molecule has 0 bridgehead atoms. The Morgan fingerprint density at radius 1 is 1.07 bits per heavy atom. The zero-order valence-electron chi connectivity index (χ0n) is 10.4. The highest BCUT2D eigenvalue weighted by molar-refractivity contribution is 5.31. The summed E-state index contributed by atoms with van der Waals surface area (Å²) in [4.78, 5) is 4.50. The minimum Gasteiger partial charge on any atom is -0.323 e. The molecule has 1 unspecified atom stereocenters. The van der Waals surface area contributed by atoms with Gasteiger partial charge in [-0.25, -0.2) is 0 Å². The van der Waals surface area contributed by atoms with Crippen LogP contribution < -0.4 is 5.73 Å². The van der Waals surface area contributed by atoms with E-state index in [1.165, 1.54) is 11.1 Å². The highest BCUT2D eigenvalue weighted by atomic mass is 14.8. The predicted molar refractivity (Wildman–Crippen MR) is 65.0 cm³/mol. The van der Waals surface area contributed by atoms with Crippen LogP contribution >= 0.6 is 0 Å². The molecular formula is C13H22N2. The highest BCUT2D eigenvalue weighted by Crippen LogP contribution is 2.25. The quantitative estimate of drug-likeness (QED) is 0.823. The van der Waals surface area contributed by atoms with Crippen molar-refractivity contribution in [3.63, 3.8) is 0 Å². The topological polar surface area (TPSA) is 38.9 Å². The van der Waals surface area contributed by atoms with Gasteiger partial charge in [-0.2, -0.15) is 0 Å². The summed E-state index contributed by atoms with van der Waals surface area (Å²) in [5, 5.41) is 0. The van der Waals surface area contributed by atoms with Gasteiger partial charge in [0.1, 0.15) is 0 Å². The number of pyridine rings is 1. The molecule has 0 fully saturated rings. The third-order valence-corrected chi connectivity index (χ3v) is 2.69. The summed E-state index contributed by atoms with van der Waals surface area (Å²) in [6.07, 6.45) is 1.95. The Morgan fingerprint density at radius 2 is 1.67 bits per heavy atom. The second kappa shape index (κ2) is 4.75. The van der Waals surface area contributed by atoms with Crippen molar-refractivity contribution in [3.05, 3.63) is 29.1 Å². The Kier molecular flexibility index (Phi) is 3.86. The van der Waals surface area contributed by atoms with Crippen LogP contribution in [-0.4, -0.2) is 4.98 Å². The maximum Gasteiger partial charge on any atom is 0.0602 e. The van der Waals surface area contributed by atoms with E-state index in [9.17, 15) is 0 Å². The van der Waals surface area contributed by atoms with Gasteiger partial charge in [0.05, 0.1) is 5.69 Å². The molecule has 0 aliphatic heterocycles. The molecule has 15 heavy (non-hydrogen) atoms. The SMILES string of the molecule is CC(C)c1cnc(C(C)N)c(C(C)C)c1. The molecule has 2 heteroatoms. The lowest BCUT2D eigenvalue weighted by molar-refractivity contribution is 0.722. The third kappa shape index (κ3) is 2.78. The Labute approximate surface area is 92.9 Å². The molecule has 0 saturated carbocycles. The highest BCUT2D eigenvalue weighted by Gasteiger charge is 2.13. The Balaban J connectivity index is 3.21. The summed E-state index contributed by atoms with van der Waals surface area (Å²) < 4.78 is 0. The van der Waals surface area contributed by atoms with Gasteiger partial charge in [0, 0.05) is 12.2 Å². The molecule has 0 aliphatic carbocycles. The summed E-state index contributed by atoms with van der Waals surface area (Å²) in [5.74, 6) is 1.01. The molecule has 84 valence electrons. The van der Waals surface area contributed by atoms with Crippen molar-refractivity contribution in [2.75, 3.05) is 0 Å². The fourth-order valence-electron chi connectivity index (χ4n) is 1.67. The fraction of sp³-hybridized carbons (Fsp3) is 0.615. The molecule has 0 spiro atoms. The number of hydrogen-bond donors (Lipinski definition) is 1. The fourth-order valence-corrected chi connectivity index (χ4v) is 1.67. The molecule has 0 radical (unpaired) electrons. The van der Waals surface area contributed by atoms with Crippen molar-refractivity contribution < 1.29 is 0 Å². The molecule has 1 aromatic rings. The van der Waals surface area contributed by atoms with E-state index in [-0.39, 0.29) is 6.04 Å². The van der Waals surface area contributed by atoms with E-state index in [0.29, 0.717) is 11.8 Å². The molecule has 0 aromatic carbocycles. The number of nitrogens with two attached hydrogens (primary N) is 1. The first kappa shape index (κ1) is 12.2. The van der Waals surface area contributed by atoms with Crippen LogP contribution in [0.5, 0.6) is 0 Å². The number of rotatable bonds is 3. The number of hydrogen-bond acceptors (Lipinski definition) is 2. The van der Waals surface area contributed by atoms with Crippen molar-refractivity contribution in [3.8, 4) is 0 Å². The standard InChI is InChI=1S/C13H22N2/c1-8(2)11-6-12(9(3)4)13(10(5)14)15-7-11/h6-10H,14H2,1-5H3.